The minimum atomic E-state index is -0.257. The summed E-state index contributed by atoms with van der Waals surface area (Å²) in [5.74, 6) is 0.164. The van der Waals surface area contributed by atoms with Gasteiger partial charge in [0.2, 0.25) is 0 Å². The van der Waals surface area contributed by atoms with Crippen molar-refractivity contribution in [2.75, 3.05) is 44.8 Å². The first-order valence-electron chi connectivity index (χ1n) is 9.51. The molecule has 0 saturated carbocycles. The van der Waals surface area contributed by atoms with Crippen molar-refractivity contribution in [3.8, 4) is 0 Å². The summed E-state index contributed by atoms with van der Waals surface area (Å²) in [7, 11) is 1.94. The Morgan fingerprint density at radius 1 is 1.41 bits per heavy atom. The van der Waals surface area contributed by atoms with Gasteiger partial charge in [-0.25, -0.2) is 4.39 Å². The van der Waals surface area contributed by atoms with Crippen LogP contribution in [0.3, 0.4) is 0 Å². The van der Waals surface area contributed by atoms with Gasteiger partial charge in [0.05, 0.1) is 26.0 Å². The molecule has 1 N–H and O–H groups in total. The molecule has 2 saturated heterocycles. The molecule has 0 amide bonds. The maximum Gasteiger partial charge on any atom is 0.125 e. The van der Waals surface area contributed by atoms with E-state index in [1.165, 1.54) is 17.7 Å². The topological polar surface area (TPSA) is 51.5 Å². The van der Waals surface area contributed by atoms with E-state index in [9.17, 15) is 4.39 Å². The van der Waals surface area contributed by atoms with Crippen molar-refractivity contribution in [2.45, 2.75) is 18.6 Å². The monoisotopic (exact) mass is 374 g/mol. The summed E-state index contributed by atoms with van der Waals surface area (Å²) in [6, 6.07) is 6.59. The Bertz CT molecular complexity index is 768. The third-order valence-electron chi connectivity index (χ3n) is 5.30. The zero-order valence-electron chi connectivity index (χ0n) is 15.7. The molecule has 27 heavy (non-hydrogen) atoms. The van der Waals surface area contributed by atoms with E-state index < -0.39 is 0 Å². The molecular weight excluding hydrogens is 347 g/mol. The van der Waals surface area contributed by atoms with Crippen LogP contribution in [0.25, 0.3) is 0 Å². The third-order valence-corrected chi connectivity index (χ3v) is 5.30. The Hall–Kier alpha value is -1.96. The zero-order valence-corrected chi connectivity index (χ0v) is 15.7. The molecule has 2 aliphatic rings. The molecule has 0 radical (unpaired) electrons. The summed E-state index contributed by atoms with van der Waals surface area (Å²) in [4.78, 5) is 2.40. The Balaban J connectivity index is 1.34. The summed E-state index contributed by atoms with van der Waals surface area (Å²) in [6.07, 6.45) is 4.91. The normalized spacial score (nSPS) is 26.4. The van der Waals surface area contributed by atoms with E-state index >= 15 is 0 Å². The number of halogens is 1. The second-order valence-electron chi connectivity index (χ2n) is 7.74. The van der Waals surface area contributed by atoms with E-state index in [2.05, 4.69) is 21.5 Å². The SMILES string of the molecule is Cn1cc(CN2CCOCC3(CC(CNc4cccc(F)c4)CO3)C2)cn1. The largest absolute Gasteiger partial charge is 0.385 e. The van der Waals surface area contributed by atoms with Crippen molar-refractivity contribution in [1.82, 2.24) is 14.7 Å². The van der Waals surface area contributed by atoms with Crippen molar-refractivity contribution in [1.29, 1.82) is 0 Å². The van der Waals surface area contributed by atoms with Crippen LogP contribution in [-0.4, -0.2) is 59.7 Å². The predicted octanol–water partition coefficient (Wildman–Crippen LogP) is 2.28. The number of aryl methyl sites for hydroxylation is 1. The standard InChI is InChI=1S/C20H27FN4O2/c1-24-11-17(10-23-24)12-25-5-6-26-15-20(14-25)8-16(13-27-20)9-22-19-4-2-3-18(21)7-19/h2-4,7,10-11,16,22H,5-6,8-9,12-15H2,1H3. The maximum absolute atomic E-state index is 13.3. The molecule has 0 aliphatic carbocycles. The summed E-state index contributed by atoms with van der Waals surface area (Å²) < 4.78 is 27.3. The first-order chi connectivity index (χ1) is 13.1. The maximum atomic E-state index is 13.3. The molecule has 1 aromatic heterocycles. The lowest BCUT2D eigenvalue weighted by Crippen LogP contribution is -2.43. The van der Waals surface area contributed by atoms with E-state index in [0.717, 1.165) is 44.9 Å². The number of ether oxygens (including phenoxy) is 2. The van der Waals surface area contributed by atoms with Crippen LogP contribution in [0.4, 0.5) is 10.1 Å². The van der Waals surface area contributed by atoms with Crippen LogP contribution >= 0.6 is 0 Å². The van der Waals surface area contributed by atoms with Gasteiger partial charge in [0, 0.05) is 56.6 Å². The second-order valence-corrected chi connectivity index (χ2v) is 7.74. The molecule has 0 bridgehead atoms. The molecule has 1 spiro atoms. The second kappa shape index (κ2) is 7.96. The van der Waals surface area contributed by atoms with Crippen molar-refractivity contribution >= 4 is 5.69 Å². The Kier molecular flexibility index (Phi) is 5.43. The average molecular weight is 374 g/mol. The fourth-order valence-electron chi connectivity index (χ4n) is 4.07. The van der Waals surface area contributed by atoms with Gasteiger partial charge in [-0.1, -0.05) is 6.07 Å². The van der Waals surface area contributed by atoms with Gasteiger partial charge in [0.15, 0.2) is 0 Å². The molecule has 3 heterocycles. The van der Waals surface area contributed by atoms with Crippen LogP contribution in [0.1, 0.15) is 12.0 Å². The minimum Gasteiger partial charge on any atom is -0.385 e. The van der Waals surface area contributed by atoms with Crippen LogP contribution in [-0.2, 0) is 23.1 Å². The van der Waals surface area contributed by atoms with Crippen molar-refractivity contribution < 1.29 is 13.9 Å². The van der Waals surface area contributed by atoms with Crippen LogP contribution in [0.2, 0.25) is 0 Å². The number of benzene rings is 1. The number of anilines is 1. The van der Waals surface area contributed by atoms with Crippen molar-refractivity contribution in [2.24, 2.45) is 13.0 Å². The number of aromatic nitrogens is 2. The highest BCUT2D eigenvalue weighted by Crippen LogP contribution is 2.33. The average Bonchev–Trinajstić information content (AvgIpc) is 3.17. The van der Waals surface area contributed by atoms with Gasteiger partial charge in [0.1, 0.15) is 11.4 Å². The molecule has 1 aromatic carbocycles. The van der Waals surface area contributed by atoms with Crippen molar-refractivity contribution in [3.63, 3.8) is 0 Å². The van der Waals surface area contributed by atoms with E-state index in [-0.39, 0.29) is 11.4 Å². The van der Waals surface area contributed by atoms with Crippen LogP contribution in [0, 0.1) is 11.7 Å². The van der Waals surface area contributed by atoms with E-state index in [0.29, 0.717) is 19.1 Å². The molecule has 6 nitrogen and oxygen atoms in total. The Labute approximate surface area is 159 Å². The summed E-state index contributed by atoms with van der Waals surface area (Å²) in [5.41, 5.74) is 1.76. The van der Waals surface area contributed by atoms with E-state index in [4.69, 9.17) is 9.47 Å². The molecule has 7 heteroatoms. The molecule has 2 unspecified atom stereocenters. The molecule has 2 aromatic rings. The lowest BCUT2D eigenvalue weighted by atomic mass is 9.94. The number of nitrogens with zero attached hydrogens (tertiary/aromatic N) is 3. The third kappa shape index (κ3) is 4.66. The van der Waals surface area contributed by atoms with Gasteiger partial charge in [-0.05, 0) is 24.6 Å². The van der Waals surface area contributed by atoms with Gasteiger partial charge < -0.3 is 14.8 Å². The number of hydrogen-bond acceptors (Lipinski definition) is 5. The molecule has 146 valence electrons. The highest BCUT2D eigenvalue weighted by Gasteiger charge is 2.43. The Morgan fingerprint density at radius 3 is 3.15 bits per heavy atom. The lowest BCUT2D eigenvalue weighted by molar-refractivity contribution is -0.0562. The minimum absolute atomic E-state index is 0.220. The quantitative estimate of drug-likeness (QED) is 0.870. The van der Waals surface area contributed by atoms with Crippen LogP contribution in [0.5, 0.6) is 0 Å². The number of hydrogen-bond donors (Lipinski definition) is 1. The van der Waals surface area contributed by atoms with Gasteiger partial charge >= 0.3 is 0 Å². The van der Waals surface area contributed by atoms with Gasteiger partial charge in [-0.2, -0.15) is 5.10 Å². The molecular formula is C20H27FN4O2. The van der Waals surface area contributed by atoms with E-state index in [1.807, 2.05) is 24.0 Å². The first-order valence-corrected chi connectivity index (χ1v) is 9.51. The Morgan fingerprint density at radius 2 is 2.33 bits per heavy atom. The predicted molar refractivity (Wildman–Crippen MR) is 101 cm³/mol. The highest BCUT2D eigenvalue weighted by molar-refractivity contribution is 5.43. The van der Waals surface area contributed by atoms with Crippen molar-refractivity contribution in [3.05, 3.63) is 48.0 Å². The van der Waals surface area contributed by atoms with Crippen LogP contribution in [0.15, 0.2) is 36.7 Å². The summed E-state index contributed by atoms with van der Waals surface area (Å²) in [5, 5.41) is 7.59. The van der Waals surface area contributed by atoms with Crippen LogP contribution < -0.4 is 5.32 Å². The molecule has 2 fully saturated rings. The molecule has 4 rings (SSSR count). The fraction of sp³-hybridized carbons (Fsp3) is 0.550. The van der Waals surface area contributed by atoms with Gasteiger partial charge in [-0.3, -0.25) is 9.58 Å². The summed E-state index contributed by atoms with van der Waals surface area (Å²) in [6.45, 7) is 5.43. The first kappa shape index (κ1) is 18.4. The van der Waals surface area contributed by atoms with Gasteiger partial charge in [0.25, 0.3) is 0 Å². The molecule has 2 aliphatic heterocycles. The molecule has 2 atom stereocenters. The number of nitrogens with one attached hydrogen (secondary N) is 1. The van der Waals surface area contributed by atoms with E-state index in [1.54, 1.807) is 6.07 Å². The highest BCUT2D eigenvalue weighted by atomic mass is 19.1. The van der Waals surface area contributed by atoms with Gasteiger partial charge in [-0.15, -0.1) is 0 Å². The number of rotatable bonds is 5. The zero-order chi connectivity index (χ0) is 18.7. The lowest BCUT2D eigenvalue weighted by Gasteiger charge is -2.31. The smallest absolute Gasteiger partial charge is 0.125 e. The summed E-state index contributed by atoms with van der Waals surface area (Å²) >= 11 is 0. The fourth-order valence-corrected chi connectivity index (χ4v) is 4.07.